The predicted octanol–water partition coefficient (Wildman–Crippen LogP) is -4.83. The number of aliphatic hydroxyl groups excluding tert-OH is 8. The lowest BCUT2D eigenvalue weighted by molar-refractivity contribution is -0.345. The third-order valence-electron chi connectivity index (χ3n) is 6.84. The van der Waals surface area contributed by atoms with Gasteiger partial charge >= 0.3 is 0 Å². The van der Waals surface area contributed by atoms with Gasteiger partial charge in [-0.25, -0.2) is 0 Å². The Morgan fingerprint density at radius 3 is 1.46 bits per heavy atom. The lowest BCUT2D eigenvalue weighted by Gasteiger charge is -2.44. The SMILES string of the molecule is COCC1OC(OCC2OC(OCC3OC(OC(C)C)C(O)C(O)C3O)C(O)C(OC)C2O)C(O)C(O)C1O. The summed E-state index contributed by atoms with van der Waals surface area (Å²) < 4.78 is 43.5. The number of hydrogen-bond acceptors (Lipinski definition) is 16. The van der Waals surface area contributed by atoms with E-state index >= 15 is 0 Å². The van der Waals surface area contributed by atoms with E-state index in [0.29, 0.717) is 0 Å². The Morgan fingerprint density at radius 2 is 0.974 bits per heavy atom. The van der Waals surface area contributed by atoms with Crippen LogP contribution in [-0.2, 0) is 37.9 Å². The Balaban J connectivity index is 1.63. The molecule has 16 heteroatoms. The summed E-state index contributed by atoms with van der Waals surface area (Å²) in [6.07, 6.45) is -21.3. The average molecular weight is 575 g/mol. The molecule has 0 aromatic carbocycles. The highest BCUT2D eigenvalue weighted by Crippen LogP contribution is 2.29. The quantitative estimate of drug-likeness (QED) is 0.115. The van der Waals surface area contributed by atoms with Crippen LogP contribution in [0.2, 0.25) is 0 Å². The fourth-order valence-corrected chi connectivity index (χ4v) is 4.63. The Bertz CT molecular complexity index is 730. The maximum atomic E-state index is 10.7. The maximum Gasteiger partial charge on any atom is 0.186 e. The molecule has 0 bridgehead atoms. The Hall–Kier alpha value is -0.640. The summed E-state index contributed by atoms with van der Waals surface area (Å²) in [5, 5.41) is 82.5. The first kappa shape index (κ1) is 32.9. The van der Waals surface area contributed by atoms with Gasteiger partial charge in [0.25, 0.3) is 0 Å². The average Bonchev–Trinajstić information content (AvgIpc) is 2.89. The van der Waals surface area contributed by atoms with Gasteiger partial charge in [-0.1, -0.05) is 0 Å². The van der Waals surface area contributed by atoms with Crippen molar-refractivity contribution >= 4 is 0 Å². The van der Waals surface area contributed by atoms with Crippen LogP contribution < -0.4 is 0 Å². The lowest BCUT2D eigenvalue weighted by atomic mass is 9.98. The van der Waals surface area contributed by atoms with Crippen LogP contribution in [0.4, 0.5) is 0 Å². The van der Waals surface area contributed by atoms with E-state index in [-0.39, 0.29) is 12.7 Å². The topological polar surface area (TPSA) is 236 Å². The molecule has 3 aliphatic rings. The van der Waals surface area contributed by atoms with Crippen LogP contribution in [-0.4, -0.2) is 173 Å². The number of ether oxygens (including phenoxy) is 8. The van der Waals surface area contributed by atoms with Gasteiger partial charge in [0, 0.05) is 14.2 Å². The molecule has 16 nitrogen and oxygen atoms in total. The molecule has 0 spiro atoms. The van der Waals surface area contributed by atoms with Gasteiger partial charge in [-0.15, -0.1) is 0 Å². The Labute approximate surface area is 225 Å². The number of aliphatic hydroxyl groups is 8. The number of rotatable bonds is 11. The smallest absolute Gasteiger partial charge is 0.186 e. The second kappa shape index (κ2) is 14.5. The van der Waals surface area contributed by atoms with Gasteiger partial charge in [0.05, 0.1) is 25.9 Å². The molecule has 3 aliphatic heterocycles. The van der Waals surface area contributed by atoms with E-state index in [1.54, 1.807) is 13.8 Å². The molecule has 0 amide bonds. The van der Waals surface area contributed by atoms with Crippen molar-refractivity contribution in [1.82, 2.24) is 0 Å². The molecular weight excluding hydrogens is 532 g/mol. The molecule has 230 valence electrons. The fraction of sp³-hybridized carbons (Fsp3) is 1.00. The molecule has 0 aromatic heterocycles. The number of methoxy groups -OCH3 is 2. The highest BCUT2D eigenvalue weighted by Gasteiger charge is 2.49. The summed E-state index contributed by atoms with van der Waals surface area (Å²) in [6, 6.07) is 0. The van der Waals surface area contributed by atoms with Crippen molar-refractivity contribution in [3.63, 3.8) is 0 Å². The number of hydrogen-bond donors (Lipinski definition) is 8. The van der Waals surface area contributed by atoms with Gasteiger partial charge in [-0.05, 0) is 13.8 Å². The first-order valence-electron chi connectivity index (χ1n) is 12.7. The summed E-state index contributed by atoms with van der Waals surface area (Å²) in [4.78, 5) is 0. The zero-order valence-electron chi connectivity index (χ0n) is 22.2. The predicted molar refractivity (Wildman–Crippen MR) is 125 cm³/mol. The standard InChI is InChI=1S/C23H42O16/c1-8(2)36-23-18(30)16(28)13(25)10(39-23)6-35-22-19(31)20(33-4)14(26)11(38-22)7-34-21-17(29)15(27)12(24)9(37-21)5-32-3/h8-31H,5-7H2,1-4H3. The molecule has 15 atom stereocenters. The summed E-state index contributed by atoms with van der Waals surface area (Å²) in [5.41, 5.74) is 0. The summed E-state index contributed by atoms with van der Waals surface area (Å²) in [7, 11) is 2.61. The monoisotopic (exact) mass is 574 g/mol. The molecule has 3 rings (SSSR count). The largest absolute Gasteiger partial charge is 0.387 e. The molecule has 3 saturated heterocycles. The highest BCUT2D eigenvalue weighted by molar-refractivity contribution is 4.93. The van der Waals surface area contributed by atoms with Crippen LogP contribution in [0.15, 0.2) is 0 Å². The molecule has 8 N–H and O–H groups in total. The molecule has 3 fully saturated rings. The van der Waals surface area contributed by atoms with Gasteiger partial charge in [0.1, 0.15) is 73.2 Å². The van der Waals surface area contributed by atoms with Gasteiger partial charge in [0.15, 0.2) is 18.9 Å². The van der Waals surface area contributed by atoms with Crippen molar-refractivity contribution in [1.29, 1.82) is 0 Å². The second-order valence-corrected chi connectivity index (χ2v) is 10.1. The van der Waals surface area contributed by atoms with Crippen molar-refractivity contribution < 1.29 is 78.7 Å². The summed E-state index contributed by atoms with van der Waals surface area (Å²) in [6.45, 7) is 2.46. The highest BCUT2D eigenvalue weighted by atomic mass is 16.7. The van der Waals surface area contributed by atoms with Gasteiger partial charge in [-0.2, -0.15) is 0 Å². The van der Waals surface area contributed by atoms with Crippen LogP contribution in [0, 0.1) is 0 Å². The minimum Gasteiger partial charge on any atom is -0.387 e. The van der Waals surface area contributed by atoms with Crippen LogP contribution in [0.5, 0.6) is 0 Å². The molecule has 0 aromatic rings. The summed E-state index contributed by atoms with van der Waals surface area (Å²) >= 11 is 0. The molecular formula is C23H42O16. The van der Waals surface area contributed by atoms with Gasteiger partial charge in [-0.3, -0.25) is 0 Å². The Morgan fingerprint density at radius 1 is 0.538 bits per heavy atom. The van der Waals surface area contributed by atoms with Crippen molar-refractivity contribution in [2.45, 2.75) is 112 Å². The molecule has 3 heterocycles. The van der Waals surface area contributed by atoms with Crippen molar-refractivity contribution in [2.24, 2.45) is 0 Å². The third-order valence-corrected chi connectivity index (χ3v) is 6.84. The molecule has 0 aliphatic carbocycles. The van der Waals surface area contributed by atoms with Gasteiger partial charge < -0.3 is 78.7 Å². The fourth-order valence-electron chi connectivity index (χ4n) is 4.63. The molecule has 15 unspecified atom stereocenters. The van der Waals surface area contributed by atoms with E-state index in [1.807, 2.05) is 0 Å². The van der Waals surface area contributed by atoms with E-state index in [0.717, 1.165) is 0 Å². The molecule has 0 saturated carbocycles. The minimum absolute atomic E-state index is 0.0922. The first-order valence-corrected chi connectivity index (χ1v) is 12.7. The second-order valence-electron chi connectivity index (χ2n) is 10.1. The first-order chi connectivity index (χ1) is 18.4. The van der Waals surface area contributed by atoms with Crippen molar-refractivity contribution in [3.05, 3.63) is 0 Å². The van der Waals surface area contributed by atoms with Crippen LogP contribution >= 0.6 is 0 Å². The zero-order chi connectivity index (χ0) is 29.0. The molecule has 0 radical (unpaired) electrons. The van der Waals surface area contributed by atoms with E-state index in [4.69, 9.17) is 37.9 Å². The maximum absolute atomic E-state index is 10.7. The molecule has 39 heavy (non-hydrogen) atoms. The van der Waals surface area contributed by atoms with Crippen molar-refractivity contribution in [3.8, 4) is 0 Å². The van der Waals surface area contributed by atoms with E-state index in [2.05, 4.69) is 0 Å². The third kappa shape index (κ3) is 7.61. The minimum atomic E-state index is -1.63. The van der Waals surface area contributed by atoms with Crippen LogP contribution in [0.25, 0.3) is 0 Å². The Kier molecular flexibility index (Phi) is 12.2. The lowest BCUT2D eigenvalue weighted by Crippen LogP contribution is -2.63. The van der Waals surface area contributed by atoms with Crippen LogP contribution in [0.1, 0.15) is 13.8 Å². The van der Waals surface area contributed by atoms with E-state index < -0.39 is 105 Å². The van der Waals surface area contributed by atoms with E-state index in [9.17, 15) is 40.9 Å². The van der Waals surface area contributed by atoms with Crippen LogP contribution in [0.3, 0.4) is 0 Å². The zero-order valence-corrected chi connectivity index (χ0v) is 22.2. The normalized spacial score (nSPS) is 47.5. The van der Waals surface area contributed by atoms with Crippen molar-refractivity contribution in [2.75, 3.05) is 34.0 Å². The van der Waals surface area contributed by atoms with Gasteiger partial charge in [0.2, 0.25) is 0 Å². The summed E-state index contributed by atoms with van der Waals surface area (Å²) in [5.74, 6) is 0. The van der Waals surface area contributed by atoms with E-state index in [1.165, 1.54) is 14.2 Å².